The molecule has 0 saturated heterocycles. The van der Waals surface area contributed by atoms with E-state index in [1.165, 1.54) is 154 Å². The van der Waals surface area contributed by atoms with Gasteiger partial charge in [0.15, 0.2) is 0 Å². The van der Waals surface area contributed by atoms with Gasteiger partial charge in [-0.1, -0.05) is 182 Å². The van der Waals surface area contributed by atoms with E-state index in [0.29, 0.717) is 0 Å². The summed E-state index contributed by atoms with van der Waals surface area (Å²) in [5, 5.41) is 0. The summed E-state index contributed by atoms with van der Waals surface area (Å²) in [5.41, 5.74) is 0. The molecule has 0 fully saturated rings. The van der Waals surface area contributed by atoms with Crippen molar-refractivity contribution in [1.82, 2.24) is 0 Å². The van der Waals surface area contributed by atoms with Crippen LogP contribution < -0.4 is 0 Å². The molecule has 39 heavy (non-hydrogen) atoms. The van der Waals surface area contributed by atoms with E-state index in [4.69, 9.17) is 29.4 Å². The normalized spacial score (nSPS) is 10.7. The van der Waals surface area contributed by atoms with Crippen molar-refractivity contribution in [2.75, 3.05) is 0 Å². The second-order valence-corrected chi connectivity index (χ2v) is 15.1. The summed E-state index contributed by atoms with van der Waals surface area (Å²) in [4.78, 5) is 45.3. The predicted octanol–water partition coefficient (Wildman–Crippen LogP) is 9.79. The molecule has 0 aromatic carbocycles. The quantitative estimate of drug-likeness (QED) is 0.0378. The molecule has 0 radical (unpaired) electrons. The molecule has 0 amide bonds. The summed E-state index contributed by atoms with van der Waals surface area (Å²) >= 11 is 7.21. The van der Waals surface area contributed by atoms with Crippen molar-refractivity contribution in [2.45, 2.75) is 182 Å². The van der Waals surface area contributed by atoms with Crippen molar-refractivity contribution in [3.8, 4) is 0 Å². The van der Waals surface area contributed by atoms with E-state index in [1.54, 1.807) is 0 Å². The molecular weight excluding hydrogens is 624 g/mol. The zero-order chi connectivity index (χ0) is 30.0. The van der Waals surface area contributed by atoms with Crippen LogP contribution in [0.4, 0.5) is 0 Å². The first-order valence-corrected chi connectivity index (χ1v) is 20.7. The van der Waals surface area contributed by atoms with Gasteiger partial charge in [0.1, 0.15) is 0 Å². The molecule has 0 saturated carbocycles. The second kappa shape index (κ2) is 41.8. The van der Waals surface area contributed by atoms with Gasteiger partial charge in [-0.25, -0.2) is 0 Å². The number of hydrogen-bond acceptors (Lipinski definition) is 2. The SMILES string of the molecule is CCCCCCCCCCCCCC.CCCCCCCCCCCCCC.OP(O)(O)=S.OP(O)(O)=S.[Zn]. The fourth-order valence-electron chi connectivity index (χ4n) is 3.83. The minimum Gasteiger partial charge on any atom is -0.325 e. The van der Waals surface area contributed by atoms with Crippen LogP contribution in [0.5, 0.6) is 0 Å². The van der Waals surface area contributed by atoms with Crippen molar-refractivity contribution < 1.29 is 48.8 Å². The van der Waals surface area contributed by atoms with Crippen LogP contribution >= 0.6 is 13.4 Å². The molecule has 0 aromatic heterocycles. The third-order valence-electron chi connectivity index (χ3n) is 5.91. The predicted molar refractivity (Wildman–Crippen MR) is 175 cm³/mol. The average molecular weight is 690 g/mol. The minimum atomic E-state index is -3.81. The first-order valence-electron chi connectivity index (χ1n) is 15.4. The van der Waals surface area contributed by atoms with Gasteiger partial charge in [0, 0.05) is 19.5 Å². The Morgan fingerprint density at radius 1 is 0.308 bits per heavy atom. The van der Waals surface area contributed by atoms with Gasteiger partial charge >= 0.3 is 13.4 Å². The summed E-state index contributed by atoms with van der Waals surface area (Å²) in [7, 11) is 0. The molecule has 0 aromatic rings. The molecule has 238 valence electrons. The Morgan fingerprint density at radius 3 is 0.462 bits per heavy atom. The van der Waals surface area contributed by atoms with E-state index in [-0.39, 0.29) is 19.5 Å². The summed E-state index contributed by atoms with van der Waals surface area (Å²) in [6.07, 6.45) is 34.9. The van der Waals surface area contributed by atoms with Gasteiger partial charge in [0.05, 0.1) is 0 Å². The topological polar surface area (TPSA) is 121 Å². The zero-order valence-electron chi connectivity index (χ0n) is 26.1. The van der Waals surface area contributed by atoms with Gasteiger partial charge < -0.3 is 29.4 Å². The molecule has 6 nitrogen and oxygen atoms in total. The molecule has 0 rings (SSSR count). The first kappa shape index (κ1) is 50.3. The van der Waals surface area contributed by atoms with Crippen LogP contribution in [0.1, 0.15) is 182 Å². The first-order chi connectivity index (χ1) is 17.8. The van der Waals surface area contributed by atoms with Crippen molar-refractivity contribution >= 4 is 37.1 Å². The molecule has 0 bridgehead atoms. The van der Waals surface area contributed by atoms with Gasteiger partial charge in [0.2, 0.25) is 0 Å². The summed E-state index contributed by atoms with van der Waals surface area (Å²) in [6, 6.07) is 0. The number of hydrogen-bond donors (Lipinski definition) is 6. The monoisotopic (exact) mass is 688 g/mol. The fraction of sp³-hybridized carbons (Fsp3) is 1.00. The van der Waals surface area contributed by atoms with Crippen LogP contribution in [-0.2, 0) is 43.1 Å². The maximum atomic E-state index is 7.56. The molecule has 6 N–H and O–H groups in total. The van der Waals surface area contributed by atoms with Gasteiger partial charge in [-0.2, -0.15) is 0 Å². The Kier molecular flexibility index (Phi) is 54.0. The zero-order valence-corrected chi connectivity index (χ0v) is 32.5. The number of rotatable bonds is 22. The molecule has 0 aliphatic heterocycles. The minimum absolute atomic E-state index is 0. The molecule has 0 aliphatic rings. The second-order valence-electron chi connectivity index (χ2n) is 10.1. The summed E-state index contributed by atoms with van der Waals surface area (Å²) in [6.45, 7) is 1.53. The van der Waals surface area contributed by atoms with Crippen molar-refractivity contribution in [3.05, 3.63) is 0 Å². The van der Waals surface area contributed by atoms with E-state index in [2.05, 4.69) is 51.3 Å². The third-order valence-corrected chi connectivity index (χ3v) is 5.91. The van der Waals surface area contributed by atoms with E-state index >= 15 is 0 Å². The van der Waals surface area contributed by atoms with Gasteiger partial charge in [-0.05, 0) is 23.6 Å². The Balaban J connectivity index is -0.000000145. The van der Waals surface area contributed by atoms with Gasteiger partial charge in [-0.15, -0.1) is 0 Å². The molecule has 0 unspecified atom stereocenters. The van der Waals surface area contributed by atoms with Crippen LogP contribution in [0.2, 0.25) is 0 Å². The summed E-state index contributed by atoms with van der Waals surface area (Å²) in [5.74, 6) is 0. The number of unbranched alkanes of at least 4 members (excludes halogenated alkanes) is 22. The van der Waals surface area contributed by atoms with Crippen LogP contribution in [0, 0.1) is 0 Å². The molecule has 0 heterocycles. The molecule has 0 atom stereocenters. The molecular formula is C28H66O6P2S2Zn. The maximum absolute atomic E-state index is 7.56. The van der Waals surface area contributed by atoms with E-state index in [0.717, 1.165) is 0 Å². The standard InChI is InChI=1S/2C14H30.2H3O3PS.Zn/c2*1-3-5-7-9-11-13-14-12-10-8-6-4-2;2*1-4(2,3)5;/h2*3-14H2,1-2H3;2*(H3,1,2,3,5);. The van der Waals surface area contributed by atoms with Crippen molar-refractivity contribution in [3.63, 3.8) is 0 Å². The fourth-order valence-corrected chi connectivity index (χ4v) is 3.83. The van der Waals surface area contributed by atoms with Gasteiger partial charge in [0.25, 0.3) is 0 Å². The molecule has 0 aliphatic carbocycles. The molecule has 11 heteroatoms. The molecule has 0 spiro atoms. The van der Waals surface area contributed by atoms with Crippen LogP contribution in [0.15, 0.2) is 0 Å². The van der Waals surface area contributed by atoms with Crippen LogP contribution in [0.25, 0.3) is 0 Å². The Bertz CT molecular complexity index is 424. The summed E-state index contributed by atoms with van der Waals surface area (Å²) < 4.78 is 0. The smallest absolute Gasteiger partial charge is 0.319 e. The largest absolute Gasteiger partial charge is 0.325 e. The third kappa shape index (κ3) is 100. The van der Waals surface area contributed by atoms with E-state index in [1.807, 2.05) is 0 Å². The maximum Gasteiger partial charge on any atom is 0.319 e. The Hall–Kier alpha value is 1.68. The van der Waals surface area contributed by atoms with E-state index in [9.17, 15) is 0 Å². The van der Waals surface area contributed by atoms with Crippen molar-refractivity contribution in [1.29, 1.82) is 0 Å². The van der Waals surface area contributed by atoms with Gasteiger partial charge in [-0.3, -0.25) is 0 Å². The van der Waals surface area contributed by atoms with E-state index < -0.39 is 13.4 Å². The Morgan fingerprint density at radius 2 is 0.385 bits per heavy atom. The van der Waals surface area contributed by atoms with Crippen LogP contribution in [-0.4, -0.2) is 29.4 Å². The Labute approximate surface area is 266 Å². The average Bonchev–Trinajstić information content (AvgIpc) is 2.80. The van der Waals surface area contributed by atoms with Crippen molar-refractivity contribution in [2.24, 2.45) is 0 Å². The van der Waals surface area contributed by atoms with Crippen LogP contribution in [0.3, 0.4) is 0 Å².